The van der Waals surface area contributed by atoms with Gasteiger partial charge in [-0.3, -0.25) is 0 Å². The summed E-state index contributed by atoms with van der Waals surface area (Å²) in [6.07, 6.45) is 2.00. The van der Waals surface area contributed by atoms with Crippen molar-refractivity contribution >= 4 is 17.4 Å². The third-order valence-electron chi connectivity index (χ3n) is 2.14. The number of anilines is 1. The highest BCUT2D eigenvalue weighted by molar-refractivity contribution is 6.28. The molecule has 0 unspecified atom stereocenters. The van der Waals surface area contributed by atoms with E-state index in [9.17, 15) is 0 Å². The van der Waals surface area contributed by atoms with Gasteiger partial charge >= 0.3 is 0 Å². The van der Waals surface area contributed by atoms with E-state index in [1.807, 2.05) is 6.07 Å². The van der Waals surface area contributed by atoms with E-state index in [0.29, 0.717) is 11.2 Å². The van der Waals surface area contributed by atoms with Gasteiger partial charge in [0.1, 0.15) is 5.82 Å². The molecule has 1 heterocycles. The Bertz CT molecular complexity index is 313. The Kier molecular flexibility index (Phi) is 4.82. The first-order valence-electron chi connectivity index (χ1n) is 5.39. The summed E-state index contributed by atoms with van der Waals surface area (Å²) in [5.41, 5.74) is 0.974. The minimum absolute atomic E-state index is 0.321. The molecule has 84 valence electrons. The molecule has 4 heteroatoms. The molecule has 0 aromatic carbocycles. The summed E-state index contributed by atoms with van der Waals surface area (Å²) in [7, 11) is 0. The Balaban J connectivity index is 2.56. The number of aryl methyl sites for hydroxylation is 1. The van der Waals surface area contributed by atoms with Gasteiger partial charge in [0.15, 0.2) is 0 Å². The van der Waals surface area contributed by atoms with E-state index >= 15 is 0 Å². The molecule has 0 spiro atoms. The fourth-order valence-electron chi connectivity index (χ4n) is 1.23. The topological polar surface area (TPSA) is 37.8 Å². The lowest BCUT2D eigenvalue weighted by molar-refractivity contribution is 0.606. The Labute approximate surface area is 96.3 Å². The van der Waals surface area contributed by atoms with Crippen LogP contribution in [0.3, 0.4) is 0 Å². The van der Waals surface area contributed by atoms with Gasteiger partial charge in [0.25, 0.3) is 0 Å². The van der Waals surface area contributed by atoms with Gasteiger partial charge in [-0.25, -0.2) is 9.97 Å². The minimum atomic E-state index is 0.321. The molecule has 0 radical (unpaired) electrons. The van der Waals surface area contributed by atoms with Crippen molar-refractivity contribution in [1.29, 1.82) is 0 Å². The van der Waals surface area contributed by atoms with E-state index < -0.39 is 0 Å². The fourth-order valence-corrected chi connectivity index (χ4v) is 1.43. The number of aromatic nitrogens is 2. The molecule has 0 bridgehead atoms. The largest absolute Gasteiger partial charge is 0.370 e. The van der Waals surface area contributed by atoms with Crippen LogP contribution in [0.2, 0.25) is 5.28 Å². The van der Waals surface area contributed by atoms with Crippen LogP contribution in [0.15, 0.2) is 6.07 Å². The maximum Gasteiger partial charge on any atom is 0.224 e. The summed E-state index contributed by atoms with van der Waals surface area (Å²) >= 11 is 5.81. The van der Waals surface area contributed by atoms with Crippen LogP contribution in [0.25, 0.3) is 0 Å². The third kappa shape index (κ3) is 4.47. The van der Waals surface area contributed by atoms with Crippen molar-refractivity contribution in [3.8, 4) is 0 Å². The average molecular weight is 228 g/mol. The fraction of sp³-hybridized carbons (Fsp3) is 0.636. The van der Waals surface area contributed by atoms with Crippen molar-refractivity contribution in [3.05, 3.63) is 17.0 Å². The third-order valence-corrected chi connectivity index (χ3v) is 2.31. The summed E-state index contributed by atoms with van der Waals surface area (Å²) in [6, 6.07) is 1.95. The Hall–Kier alpha value is -0.830. The molecule has 0 aliphatic rings. The molecule has 1 aromatic heterocycles. The monoisotopic (exact) mass is 227 g/mol. The van der Waals surface area contributed by atoms with E-state index in [1.54, 1.807) is 0 Å². The van der Waals surface area contributed by atoms with Crippen molar-refractivity contribution in [1.82, 2.24) is 9.97 Å². The lowest BCUT2D eigenvalue weighted by Gasteiger charge is -2.08. The summed E-state index contributed by atoms with van der Waals surface area (Å²) in [5.74, 6) is 1.52. The number of nitrogens with one attached hydrogen (secondary N) is 1. The van der Waals surface area contributed by atoms with Gasteiger partial charge in [-0.15, -0.1) is 0 Å². The zero-order valence-corrected chi connectivity index (χ0v) is 10.3. The molecule has 0 atom stereocenters. The van der Waals surface area contributed by atoms with Crippen LogP contribution in [0.5, 0.6) is 0 Å². The number of hydrogen-bond donors (Lipinski definition) is 1. The number of rotatable bonds is 5. The zero-order chi connectivity index (χ0) is 11.3. The normalized spacial score (nSPS) is 10.7. The molecule has 0 amide bonds. The van der Waals surface area contributed by atoms with E-state index in [4.69, 9.17) is 11.6 Å². The van der Waals surface area contributed by atoms with Crippen molar-refractivity contribution < 1.29 is 0 Å². The quantitative estimate of drug-likeness (QED) is 0.786. The number of nitrogens with zero attached hydrogens (tertiary/aromatic N) is 2. The van der Waals surface area contributed by atoms with Crippen LogP contribution in [0.4, 0.5) is 5.82 Å². The van der Waals surface area contributed by atoms with Crippen molar-refractivity contribution in [2.24, 2.45) is 5.92 Å². The summed E-state index contributed by atoms with van der Waals surface area (Å²) in [6.45, 7) is 7.38. The van der Waals surface area contributed by atoms with Crippen LogP contribution >= 0.6 is 11.6 Å². The van der Waals surface area contributed by atoms with Gasteiger partial charge in [0, 0.05) is 18.3 Å². The van der Waals surface area contributed by atoms with Gasteiger partial charge in [-0.2, -0.15) is 0 Å². The van der Waals surface area contributed by atoms with Crippen LogP contribution in [0, 0.1) is 5.92 Å². The molecule has 1 N–H and O–H groups in total. The molecule has 0 aliphatic carbocycles. The summed E-state index contributed by atoms with van der Waals surface area (Å²) in [4.78, 5) is 8.23. The Morgan fingerprint density at radius 2 is 2.13 bits per heavy atom. The molecular weight excluding hydrogens is 210 g/mol. The second-order valence-electron chi connectivity index (χ2n) is 3.98. The zero-order valence-electron chi connectivity index (χ0n) is 9.55. The molecule has 1 aromatic rings. The molecular formula is C11H18ClN3. The van der Waals surface area contributed by atoms with Crippen molar-refractivity contribution in [2.75, 3.05) is 11.9 Å². The number of halogens is 1. The van der Waals surface area contributed by atoms with Crippen LogP contribution < -0.4 is 5.32 Å². The summed E-state index contributed by atoms with van der Waals surface area (Å²) in [5, 5.41) is 3.58. The van der Waals surface area contributed by atoms with Crippen molar-refractivity contribution in [3.63, 3.8) is 0 Å². The minimum Gasteiger partial charge on any atom is -0.370 e. The Morgan fingerprint density at radius 1 is 1.40 bits per heavy atom. The molecule has 0 saturated carbocycles. The first-order chi connectivity index (χ1) is 7.11. The molecule has 0 saturated heterocycles. The first-order valence-corrected chi connectivity index (χ1v) is 5.77. The van der Waals surface area contributed by atoms with E-state index in [-0.39, 0.29) is 0 Å². The van der Waals surface area contributed by atoms with Gasteiger partial charge in [-0.05, 0) is 30.4 Å². The van der Waals surface area contributed by atoms with Crippen LogP contribution in [-0.2, 0) is 6.42 Å². The van der Waals surface area contributed by atoms with E-state index in [2.05, 4.69) is 36.1 Å². The maximum atomic E-state index is 5.81. The predicted molar refractivity (Wildman–Crippen MR) is 64.4 cm³/mol. The van der Waals surface area contributed by atoms with Crippen LogP contribution in [0.1, 0.15) is 32.9 Å². The molecule has 0 fully saturated rings. The average Bonchev–Trinajstić information content (AvgIpc) is 2.16. The van der Waals surface area contributed by atoms with Gasteiger partial charge in [0.2, 0.25) is 5.28 Å². The van der Waals surface area contributed by atoms with Crippen molar-refractivity contribution in [2.45, 2.75) is 33.6 Å². The second kappa shape index (κ2) is 5.91. The molecule has 1 rings (SSSR count). The standard InChI is InChI=1S/C11H18ClN3/c1-4-9-7-10(15-11(12)14-9)13-6-5-8(2)3/h7-8H,4-6H2,1-3H3,(H,13,14,15). The summed E-state index contributed by atoms with van der Waals surface area (Å²) < 4.78 is 0. The second-order valence-corrected chi connectivity index (χ2v) is 4.31. The lowest BCUT2D eigenvalue weighted by atomic mass is 10.1. The van der Waals surface area contributed by atoms with Gasteiger partial charge in [-0.1, -0.05) is 20.8 Å². The van der Waals surface area contributed by atoms with Gasteiger partial charge < -0.3 is 5.32 Å². The maximum absolute atomic E-state index is 5.81. The highest BCUT2D eigenvalue weighted by Gasteiger charge is 2.01. The predicted octanol–water partition coefficient (Wildman–Crippen LogP) is 3.15. The molecule has 15 heavy (non-hydrogen) atoms. The smallest absolute Gasteiger partial charge is 0.224 e. The van der Waals surface area contributed by atoms with Crippen LogP contribution in [-0.4, -0.2) is 16.5 Å². The first kappa shape index (κ1) is 12.2. The number of hydrogen-bond acceptors (Lipinski definition) is 3. The Morgan fingerprint density at radius 3 is 2.73 bits per heavy atom. The molecule has 3 nitrogen and oxygen atoms in total. The SMILES string of the molecule is CCc1cc(NCCC(C)C)nc(Cl)n1. The van der Waals surface area contributed by atoms with E-state index in [0.717, 1.165) is 30.9 Å². The van der Waals surface area contributed by atoms with Gasteiger partial charge in [0.05, 0.1) is 0 Å². The lowest BCUT2D eigenvalue weighted by Crippen LogP contribution is -2.07. The highest BCUT2D eigenvalue weighted by Crippen LogP contribution is 2.11. The van der Waals surface area contributed by atoms with E-state index in [1.165, 1.54) is 0 Å². The molecule has 0 aliphatic heterocycles. The highest BCUT2D eigenvalue weighted by atomic mass is 35.5.